The lowest BCUT2D eigenvalue weighted by atomic mass is 9.89. The monoisotopic (exact) mass is 280 g/mol. The average Bonchev–Trinajstić information content (AvgIpc) is 2.64. The van der Waals surface area contributed by atoms with E-state index < -0.39 is 0 Å². The lowest BCUT2D eigenvalue weighted by Crippen LogP contribution is -2.45. The number of anilines is 1. The SMILES string of the molecule is COc1cc(NC2(CN)CCCC(C)CC2)ccc1F. The lowest BCUT2D eigenvalue weighted by molar-refractivity contribution is 0.385. The van der Waals surface area contributed by atoms with Crippen molar-refractivity contribution >= 4 is 5.69 Å². The first-order valence-corrected chi connectivity index (χ1v) is 7.40. The molecule has 2 atom stereocenters. The molecule has 1 aromatic carbocycles. The van der Waals surface area contributed by atoms with Crippen LogP contribution in [0.25, 0.3) is 0 Å². The fourth-order valence-corrected chi connectivity index (χ4v) is 3.00. The quantitative estimate of drug-likeness (QED) is 0.829. The number of methoxy groups -OCH3 is 1. The molecule has 1 aliphatic carbocycles. The van der Waals surface area contributed by atoms with Crippen LogP contribution in [-0.4, -0.2) is 19.2 Å². The summed E-state index contributed by atoms with van der Waals surface area (Å²) in [5.41, 5.74) is 6.84. The van der Waals surface area contributed by atoms with Crippen molar-refractivity contribution in [1.29, 1.82) is 0 Å². The van der Waals surface area contributed by atoms with Crippen molar-refractivity contribution in [3.63, 3.8) is 0 Å². The van der Waals surface area contributed by atoms with Crippen LogP contribution in [0.4, 0.5) is 10.1 Å². The summed E-state index contributed by atoms with van der Waals surface area (Å²) < 4.78 is 18.5. The standard InChI is InChI=1S/C16H25FN2O/c1-12-4-3-8-16(11-18,9-7-12)19-13-5-6-14(17)15(10-13)20-2/h5-6,10,12,19H,3-4,7-9,11,18H2,1-2H3. The van der Waals surface area contributed by atoms with E-state index in [1.165, 1.54) is 32.4 Å². The van der Waals surface area contributed by atoms with Gasteiger partial charge in [-0.2, -0.15) is 0 Å². The van der Waals surface area contributed by atoms with E-state index >= 15 is 0 Å². The Morgan fingerprint density at radius 3 is 2.90 bits per heavy atom. The molecule has 0 saturated heterocycles. The Kier molecular flexibility index (Phi) is 4.86. The molecule has 2 unspecified atom stereocenters. The van der Waals surface area contributed by atoms with Crippen LogP contribution in [0.5, 0.6) is 5.75 Å². The Bertz CT molecular complexity index is 452. The predicted octanol–water partition coefficient (Wildman–Crippen LogP) is 3.54. The molecule has 0 radical (unpaired) electrons. The highest BCUT2D eigenvalue weighted by atomic mass is 19.1. The molecular weight excluding hydrogens is 255 g/mol. The normalized spacial score (nSPS) is 26.9. The zero-order valence-electron chi connectivity index (χ0n) is 12.4. The Morgan fingerprint density at radius 2 is 2.20 bits per heavy atom. The maximum atomic E-state index is 13.5. The molecule has 1 aromatic rings. The summed E-state index contributed by atoms with van der Waals surface area (Å²) in [6.45, 7) is 2.90. The third kappa shape index (κ3) is 3.42. The molecule has 3 N–H and O–H groups in total. The number of nitrogens with one attached hydrogen (secondary N) is 1. The molecule has 4 heteroatoms. The molecule has 0 spiro atoms. The molecule has 1 aliphatic rings. The summed E-state index contributed by atoms with van der Waals surface area (Å²) in [7, 11) is 1.48. The van der Waals surface area contributed by atoms with Gasteiger partial charge in [-0.3, -0.25) is 0 Å². The largest absolute Gasteiger partial charge is 0.494 e. The van der Waals surface area contributed by atoms with Gasteiger partial charge in [0.15, 0.2) is 11.6 Å². The minimum Gasteiger partial charge on any atom is -0.494 e. The van der Waals surface area contributed by atoms with Gasteiger partial charge in [0.2, 0.25) is 0 Å². The molecule has 2 rings (SSSR count). The number of rotatable bonds is 4. The van der Waals surface area contributed by atoms with Crippen molar-refractivity contribution in [3.8, 4) is 5.75 Å². The fourth-order valence-electron chi connectivity index (χ4n) is 3.00. The second-order valence-corrected chi connectivity index (χ2v) is 5.99. The molecule has 1 fully saturated rings. The summed E-state index contributed by atoms with van der Waals surface area (Å²) in [5, 5.41) is 3.53. The minimum atomic E-state index is -0.339. The second kappa shape index (κ2) is 6.44. The van der Waals surface area contributed by atoms with Crippen molar-refractivity contribution < 1.29 is 9.13 Å². The molecule has 0 amide bonds. The van der Waals surface area contributed by atoms with E-state index in [-0.39, 0.29) is 17.1 Å². The molecular formula is C16H25FN2O. The number of nitrogens with two attached hydrogens (primary N) is 1. The highest BCUT2D eigenvalue weighted by Gasteiger charge is 2.31. The van der Waals surface area contributed by atoms with Crippen molar-refractivity contribution in [3.05, 3.63) is 24.0 Å². The van der Waals surface area contributed by atoms with Crippen molar-refractivity contribution in [2.45, 2.75) is 44.6 Å². The Labute approximate surface area is 120 Å². The Hall–Kier alpha value is -1.29. The lowest BCUT2D eigenvalue weighted by Gasteiger charge is -2.34. The predicted molar refractivity (Wildman–Crippen MR) is 80.6 cm³/mol. The molecule has 3 nitrogen and oxygen atoms in total. The number of hydrogen-bond donors (Lipinski definition) is 2. The second-order valence-electron chi connectivity index (χ2n) is 5.99. The third-order valence-electron chi connectivity index (χ3n) is 4.42. The van der Waals surface area contributed by atoms with Gasteiger partial charge in [-0.1, -0.05) is 19.8 Å². The molecule has 0 aliphatic heterocycles. The van der Waals surface area contributed by atoms with Gasteiger partial charge in [0.1, 0.15) is 0 Å². The summed E-state index contributed by atoms with van der Waals surface area (Å²) in [4.78, 5) is 0. The van der Waals surface area contributed by atoms with Crippen LogP contribution in [-0.2, 0) is 0 Å². The van der Waals surface area contributed by atoms with E-state index in [4.69, 9.17) is 10.5 Å². The highest BCUT2D eigenvalue weighted by molar-refractivity contribution is 5.51. The number of ether oxygens (including phenoxy) is 1. The molecule has 0 bridgehead atoms. The van der Waals surface area contributed by atoms with E-state index in [0.29, 0.717) is 6.54 Å². The van der Waals surface area contributed by atoms with Crippen molar-refractivity contribution in [1.82, 2.24) is 0 Å². The topological polar surface area (TPSA) is 47.3 Å². The van der Waals surface area contributed by atoms with Crippen LogP contribution in [0.1, 0.15) is 39.0 Å². The van der Waals surface area contributed by atoms with Crippen molar-refractivity contribution in [2.75, 3.05) is 19.0 Å². The van der Waals surface area contributed by atoms with Crippen LogP contribution < -0.4 is 15.8 Å². The summed E-state index contributed by atoms with van der Waals surface area (Å²) in [6.07, 6.45) is 5.75. The van der Waals surface area contributed by atoms with Gasteiger partial charge in [-0.25, -0.2) is 4.39 Å². The molecule has 0 heterocycles. The van der Waals surface area contributed by atoms with Gasteiger partial charge in [-0.15, -0.1) is 0 Å². The van der Waals surface area contributed by atoms with Crippen LogP contribution in [0.15, 0.2) is 18.2 Å². The van der Waals surface area contributed by atoms with Crippen molar-refractivity contribution in [2.24, 2.45) is 11.7 Å². The molecule has 112 valence electrons. The number of benzene rings is 1. The maximum Gasteiger partial charge on any atom is 0.165 e. The molecule has 1 saturated carbocycles. The first-order valence-electron chi connectivity index (χ1n) is 7.40. The Balaban J connectivity index is 2.16. The van der Waals surface area contributed by atoms with E-state index in [9.17, 15) is 4.39 Å². The van der Waals surface area contributed by atoms with Gasteiger partial charge >= 0.3 is 0 Å². The van der Waals surface area contributed by atoms with Crippen LogP contribution >= 0.6 is 0 Å². The Morgan fingerprint density at radius 1 is 1.40 bits per heavy atom. The average molecular weight is 280 g/mol. The highest BCUT2D eigenvalue weighted by Crippen LogP contribution is 2.33. The van der Waals surface area contributed by atoms with Gasteiger partial charge in [0, 0.05) is 23.8 Å². The third-order valence-corrected chi connectivity index (χ3v) is 4.42. The summed E-state index contributed by atoms with van der Waals surface area (Å²) in [5.74, 6) is 0.687. The van der Waals surface area contributed by atoms with Crippen LogP contribution in [0, 0.1) is 11.7 Å². The van der Waals surface area contributed by atoms with Crippen LogP contribution in [0.3, 0.4) is 0 Å². The zero-order valence-corrected chi connectivity index (χ0v) is 12.4. The number of halogens is 1. The van der Waals surface area contributed by atoms with E-state index in [1.807, 2.05) is 0 Å². The van der Waals surface area contributed by atoms with E-state index in [2.05, 4.69) is 12.2 Å². The maximum absolute atomic E-state index is 13.5. The number of hydrogen-bond acceptors (Lipinski definition) is 3. The van der Waals surface area contributed by atoms with E-state index in [1.54, 1.807) is 12.1 Å². The zero-order chi connectivity index (χ0) is 14.6. The fraction of sp³-hybridized carbons (Fsp3) is 0.625. The van der Waals surface area contributed by atoms with E-state index in [0.717, 1.165) is 24.4 Å². The molecule has 20 heavy (non-hydrogen) atoms. The minimum absolute atomic E-state index is 0.0758. The van der Waals surface area contributed by atoms with Gasteiger partial charge in [0.05, 0.1) is 7.11 Å². The van der Waals surface area contributed by atoms with Gasteiger partial charge < -0.3 is 15.8 Å². The molecule has 0 aromatic heterocycles. The van der Waals surface area contributed by atoms with Gasteiger partial charge in [0.25, 0.3) is 0 Å². The van der Waals surface area contributed by atoms with Crippen LogP contribution in [0.2, 0.25) is 0 Å². The summed E-state index contributed by atoms with van der Waals surface area (Å²) in [6, 6.07) is 4.90. The first-order chi connectivity index (χ1) is 9.58. The van der Waals surface area contributed by atoms with Gasteiger partial charge in [-0.05, 0) is 37.3 Å². The first kappa shape index (κ1) is 15.1. The summed E-state index contributed by atoms with van der Waals surface area (Å²) >= 11 is 0. The smallest absolute Gasteiger partial charge is 0.165 e.